The molecule has 2 aliphatic heterocycles. The Morgan fingerprint density at radius 1 is 0.207 bits per heavy atom. The molecule has 10 aromatic rings. The maximum Gasteiger partial charge on any atom is 0.0703 e. The van der Waals surface area contributed by atoms with Crippen molar-refractivity contribution in [2.75, 3.05) is 19.6 Å². The number of anilines is 12. The number of nitrogens with zero attached hydrogens (tertiary/aromatic N) is 4. The van der Waals surface area contributed by atoms with Crippen molar-refractivity contribution in [3.63, 3.8) is 0 Å². The zero-order valence-corrected chi connectivity index (χ0v) is 31.6. The second kappa shape index (κ2) is 12.9. The maximum atomic E-state index is 2.48. The fourth-order valence-corrected chi connectivity index (χ4v) is 9.43. The summed E-state index contributed by atoms with van der Waals surface area (Å²) in [5, 5.41) is 7.31. The van der Waals surface area contributed by atoms with Crippen LogP contribution >= 0.6 is 0 Å². The lowest BCUT2D eigenvalue weighted by atomic mass is 9.92. The van der Waals surface area contributed by atoms with E-state index in [1.165, 1.54) is 32.3 Å². The van der Waals surface area contributed by atoms with Gasteiger partial charge in [-0.15, -0.1) is 0 Å². The van der Waals surface area contributed by atoms with Crippen molar-refractivity contribution in [3.05, 3.63) is 218 Å². The van der Waals surface area contributed by atoms with Crippen molar-refractivity contribution in [1.82, 2.24) is 0 Å². The van der Waals surface area contributed by atoms with Crippen molar-refractivity contribution < 1.29 is 0 Å². The van der Waals surface area contributed by atoms with Crippen LogP contribution in [0.25, 0.3) is 32.3 Å². The molecule has 12 rings (SSSR count). The molecule has 0 unspecified atom stereocenters. The summed E-state index contributed by atoms with van der Waals surface area (Å²) in [5.74, 6) is 0. The normalized spacial score (nSPS) is 13.0. The van der Waals surface area contributed by atoms with E-state index in [1.807, 2.05) is 0 Å². The van der Waals surface area contributed by atoms with Crippen LogP contribution in [-0.2, 0) is 0 Å². The highest BCUT2D eigenvalue weighted by Crippen LogP contribution is 2.58. The van der Waals surface area contributed by atoms with Crippen LogP contribution in [0, 0.1) is 0 Å². The van der Waals surface area contributed by atoms with Crippen LogP contribution in [0.1, 0.15) is 0 Å². The Morgan fingerprint density at radius 2 is 0.466 bits per heavy atom. The summed E-state index contributed by atoms with van der Waals surface area (Å²) in [5.41, 5.74) is 13.7. The Kier molecular flexibility index (Phi) is 7.20. The quantitative estimate of drug-likeness (QED) is 0.167. The minimum atomic E-state index is 1.13. The van der Waals surface area contributed by atoms with Gasteiger partial charge in [0.05, 0.1) is 56.9 Å². The first-order valence-corrected chi connectivity index (χ1v) is 19.9. The van der Waals surface area contributed by atoms with Gasteiger partial charge in [-0.25, -0.2) is 0 Å². The minimum absolute atomic E-state index is 1.13. The number of hydrogen-bond donors (Lipinski definition) is 0. The summed E-state index contributed by atoms with van der Waals surface area (Å²) in [7, 11) is 0. The number of para-hydroxylation sites is 10. The third-order valence-corrected chi connectivity index (χ3v) is 11.8. The van der Waals surface area contributed by atoms with Gasteiger partial charge in [-0.2, -0.15) is 0 Å². The van der Waals surface area contributed by atoms with E-state index in [2.05, 4.69) is 238 Å². The predicted octanol–water partition coefficient (Wildman–Crippen LogP) is 15.7. The van der Waals surface area contributed by atoms with Crippen molar-refractivity contribution >= 4 is 101 Å². The van der Waals surface area contributed by atoms with Gasteiger partial charge in [-0.3, -0.25) is 0 Å². The smallest absolute Gasteiger partial charge is 0.0703 e. The largest absolute Gasteiger partial charge is 0.306 e. The summed E-state index contributed by atoms with van der Waals surface area (Å²) < 4.78 is 0. The van der Waals surface area contributed by atoms with Gasteiger partial charge in [0.25, 0.3) is 0 Å². The SMILES string of the molecule is c1ccc(N2c3ccccc3N(c3cc4cc(N5c6ccccc6N(c6ccccc6)c6ccccc65)c5ccccc5c4c4ccccc34)c3ccccc32)cc1. The first-order chi connectivity index (χ1) is 28.8. The molecule has 0 aliphatic carbocycles. The maximum absolute atomic E-state index is 2.48. The molecule has 0 N–H and O–H groups in total. The molecule has 4 heteroatoms. The monoisotopic (exact) mass is 740 g/mol. The number of fused-ring (bicyclic) bond motifs is 9. The van der Waals surface area contributed by atoms with Gasteiger partial charge >= 0.3 is 0 Å². The van der Waals surface area contributed by atoms with E-state index in [9.17, 15) is 0 Å². The molecule has 0 saturated carbocycles. The molecule has 0 spiro atoms. The van der Waals surface area contributed by atoms with E-state index >= 15 is 0 Å². The molecule has 2 heterocycles. The van der Waals surface area contributed by atoms with Gasteiger partial charge in [-0.05, 0) is 106 Å². The van der Waals surface area contributed by atoms with Gasteiger partial charge in [0, 0.05) is 22.1 Å². The van der Waals surface area contributed by atoms with Crippen molar-refractivity contribution in [2.24, 2.45) is 0 Å². The molecule has 0 aromatic heterocycles. The predicted molar refractivity (Wildman–Crippen MR) is 245 cm³/mol. The van der Waals surface area contributed by atoms with Crippen molar-refractivity contribution in [3.8, 4) is 0 Å². The highest BCUT2D eigenvalue weighted by Gasteiger charge is 2.33. The molecule has 2 aliphatic rings. The molecule has 4 nitrogen and oxygen atoms in total. The van der Waals surface area contributed by atoms with Crippen molar-refractivity contribution in [2.45, 2.75) is 0 Å². The molecule has 0 atom stereocenters. The van der Waals surface area contributed by atoms with E-state index < -0.39 is 0 Å². The molecule has 58 heavy (non-hydrogen) atoms. The second-order valence-electron chi connectivity index (χ2n) is 14.9. The van der Waals surface area contributed by atoms with Crippen LogP contribution in [-0.4, -0.2) is 0 Å². The Balaban J connectivity index is 1.14. The molecule has 0 radical (unpaired) electrons. The van der Waals surface area contributed by atoms with Crippen LogP contribution in [0.15, 0.2) is 218 Å². The van der Waals surface area contributed by atoms with Crippen molar-refractivity contribution in [1.29, 1.82) is 0 Å². The summed E-state index contributed by atoms with van der Waals surface area (Å²) >= 11 is 0. The number of benzene rings is 10. The third kappa shape index (κ3) is 4.76. The Hall–Kier alpha value is -7.82. The molecule has 0 bridgehead atoms. The Bertz CT molecular complexity index is 2900. The molecule has 0 amide bonds. The molecular weight excluding hydrogens is 705 g/mol. The summed E-state index contributed by atoms with van der Waals surface area (Å²) in [4.78, 5) is 9.73. The van der Waals surface area contributed by atoms with Crippen LogP contribution in [0.2, 0.25) is 0 Å². The Morgan fingerprint density at radius 3 is 0.793 bits per heavy atom. The minimum Gasteiger partial charge on any atom is -0.306 e. The molecule has 0 saturated heterocycles. The summed E-state index contributed by atoms with van der Waals surface area (Å²) in [6, 6.07) is 79.3. The number of rotatable bonds is 4. The fourth-order valence-electron chi connectivity index (χ4n) is 9.43. The first-order valence-electron chi connectivity index (χ1n) is 19.9. The van der Waals surface area contributed by atoms with Crippen LogP contribution in [0.3, 0.4) is 0 Å². The van der Waals surface area contributed by atoms with Gasteiger partial charge in [0.2, 0.25) is 0 Å². The van der Waals surface area contributed by atoms with Gasteiger partial charge < -0.3 is 19.6 Å². The lowest BCUT2D eigenvalue weighted by molar-refractivity contribution is 1.17. The van der Waals surface area contributed by atoms with E-state index in [4.69, 9.17) is 0 Å². The zero-order valence-electron chi connectivity index (χ0n) is 31.6. The topological polar surface area (TPSA) is 13.0 Å². The second-order valence-corrected chi connectivity index (χ2v) is 14.9. The van der Waals surface area contributed by atoms with Crippen LogP contribution in [0.4, 0.5) is 68.2 Å². The number of hydrogen-bond acceptors (Lipinski definition) is 4. The van der Waals surface area contributed by atoms with E-state index in [1.54, 1.807) is 0 Å². The summed E-state index contributed by atoms with van der Waals surface area (Å²) in [6.45, 7) is 0. The van der Waals surface area contributed by atoms with E-state index in [-0.39, 0.29) is 0 Å². The van der Waals surface area contributed by atoms with E-state index in [0.29, 0.717) is 0 Å². The third-order valence-electron chi connectivity index (χ3n) is 11.8. The molecule has 0 fully saturated rings. The molecule has 10 aromatic carbocycles. The lowest BCUT2D eigenvalue weighted by Gasteiger charge is -2.41. The summed E-state index contributed by atoms with van der Waals surface area (Å²) in [6.07, 6.45) is 0. The standard InChI is InChI=1S/C54H36N4/c1-3-19-38(20-4-1)55-44-27-11-15-31-48(44)57(49-32-16-12-28-45(49)55)52-35-37-36-53(41-24-8-10-26-43(41)54(37)42-25-9-7-23-40(42)52)58-50-33-17-13-29-46(50)56(39-21-5-2-6-22-39)47-30-14-18-34-51(47)58/h1-36H. The Labute approximate surface area is 337 Å². The average molecular weight is 741 g/mol. The molecular formula is C54H36N4. The highest BCUT2D eigenvalue weighted by molar-refractivity contribution is 6.27. The molecule has 272 valence electrons. The highest BCUT2D eigenvalue weighted by atomic mass is 15.3. The average Bonchev–Trinajstić information content (AvgIpc) is 3.30. The first kappa shape index (κ1) is 32.4. The lowest BCUT2D eigenvalue weighted by Crippen LogP contribution is -2.24. The zero-order chi connectivity index (χ0) is 38.2. The van der Waals surface area contributed by atoms with Gasteiger partial charge in [0.1, 0.15) is 0 Å². The van der Waals surface area contributed by atoms with Crippen LogP contribution in [0.5, 0.6) is 0 Å². The van der Waals surface area contributed by atoms with Gasteiger partial charge in [-0.1, -0.05) is 133 Å². The fraction of sp³-hybridized carbons (Fsp3) is 0. The van der Waals surface area contributed by atoms with Crippen LogP contribution < -0.4 is 19.6 Å². The van der Waals surface area contributed by atoms with Gasteiger partial charge in [0.15, 0.2) is 0 Å². The van der Waals surface area contributed by atoms with E-state index in [0.717, 1.165) is 68.2 Å².